The van der Waals surface area contributed by atoms with Gasteiger partial charge in [-0.1, -0.05) is 11.6 Å². The predicted octanol–water partition coefficient (Wildman–Crippen LogP) is 4.46. The molecule has 0 aliphatic carbocycles. The molecule has 3 N–H and O–H groups in total. The lowest BCUT2D eigenvalue weighted by Gasteiger charge is -2.18. The number of amides is 2. The van der Waals surface area contributed by atoms with Crippen molar-refractivity contribution in [2.24, 2.45) is 0 Å². The number of fused-ring (bicyclic) bond motifs is 1. The third-order valence-electron chi connectivity index (χ3n) is 5.54. The molecule has 4 rings (SSSR count). The highest BCUT2D eigenvalue weighted by Crippen LogP contribution is 2.35. The van der Waals surface area contributed by atoms with Gasteiger partial charge in [0.1, 0.15) is 29.8 Å². The van der Waals surface area contributed by atoms with Gasteiger partial charge in [0, 0.05) is 50.7 Å². The molecule has 1 aromatic heterocycles. The number of anilines is 3. The Morgan fingerprint density at radius 3 is 2.81 bits per heavy atom. The molecule has 36 heavy (non-hydrogen) atoms. The maximum atomic E-state index is 13.6. The molecule has 192 valence electrons. The molecule has 0 spiro atoms. The number of methoxy groups -OCH3 is 2. The number of rotatable bonds is 10. The van der Waals surface area contributed by atoms with Crippen molar-refractivity contribution >= 4 is 45.7 Å². The number of urea groups is 1. The molecule has 2 aromatic carbocycles. The van der Waals surface area contributed by atoms with Gasteiger partial charge in [-0.25, -0.2) is 19.2 Å². The highest BCUT2D eigenvalue weighted by molar-refractivity contribution is 6.31. The van der Waals surface area contributed by atoms with E-state index < -0.39 is 18.1 Å². The Labute approximate surface area is 212 Å². The summed E-state index contributed by atoms with van der Waals surface area (Å²) in [4.78, 5) is 21.3. The van der Waals surface area contributed by atoms with Gasteiger partial charge in [-0.05, 0) is 24.3 Å². The molecule has 0 saturated carbocycles. The minimum absolute atomic E-state index is 0.0176. The smallest absolute Gasteiger partial charge is 0.319 e. The van der Waals surface area contributed by atoms with Crippen molar-refractivity contribution in [2.75, 3.05) is 44.6 Å². The van der Waals surface area contributed by atoms with E-state index in [1.54, 1.807) is 18.2 Å². The maximum Gasteiger partial charge on any atom is 0.319 e. The fourth-order valence-electron chi connectivity index (χ4n) is 3.68. The van der Waals surface area contributed by atoms with Crippen LogP contribution in [0, 0.1) is 5.82 Å². The number of benzene rings is 2. The first kappa shape index (κ1) is 25.8. The standard InChI is InChI=1S/C24H27ClFN5O5/c1-33-22(34-2)5-7-27-24(32)31-20-10-16-19(11-21(20)36-15-6-8-35-12-15)28-13-29-23(16)30-14-3-4-18(26)17(25)9-14/h3-4,9-11,13,15,22H,5-8,12H2,1-2H3,(H2,27,31,32)(H,28,29,30)/t15-/m0/s1. The van der Waals surface area contributed by atoms with Crippen LogP contribution in [0.5, 0.6) is 5.75 Å². The van der Waals surface area contributed by atoms with Gasteiger partial charge in [0.25, 0.3) is 0 Å². The van der Waals surface area contributed by atoms with Crippen molar-refractivity contribution in [1.82, 2.24) is 15.3 Å². The molecule has 1 saturated heterocycles. The van der Waals surface area contributed by atoms with Crippen molar-refractivity contribution in [3.05, 3.63) is 47.5 Å². The summed E-state index contributed by atoms with van der Waals surface area (Å²) in [6.45, 7) is 1.40. The summed E-state index contributed by atoms with van der Waals surface area (Å²) in [5, 5.41) is 9.34. The van der Waals surface area contributed by atoms with Gasteiger partial charge >= 0.3 is 6.03 Å². The second kappa shape index (κ2) is 12.1. The normalized spacial score (nSPS) is 15.3. The molecule has 10 nitrogen and oxygen atoms in total. The molecular formula is C24H27ClFN5O5. The molecule has 2 amide bonds. The fourth-order valence-corrected chi connectivity index (χ4v) is 3.86. The molecule has 3 aromatic rings. The van der Waals surface area contributed by atoms with Gasteiger partial charge in [0.05, 0.1) is 29.4 Å². The van der Waals surface area contributed by atoms with Gasteiger partial charge in [-0.2, -0.15) is 0 Å². The number of carbonyl (C=O) groups is 1. The number of nitrogens with one attached hydrogen (secondary N) is 3. The molecule has 0 radical (unpaired) electrons. The summed E-state index contributed by atoms with van der Waals surface area (Å²) >= 11 is 5.92. The van der Waals surface area contributed by atoms with E-state index >= 15 is 0 Å². The Morgan fingerprint density at radius 2 is 2.08 bits per heavy atom. The molecule has 1 fully saturated rings. The van der Waals surface area contributed by atoms with E-state index in [1.807, 2.05) is 0 Å². The number of aromatic nitrogens is 2. The monoisotopic (exact) mass is 519 g/mol. The molecule has 12 heteroatoms. The fraction of sp³-hybridized carbons (Fsp3) is 0.375. The largest absolute Gasteiger partial charge is 0.486 e. The number of halogens is 2. The zero-order valence-electron chi connectivity index (χ0n) is 19.8. The maximum absolute atomic E-state index is 13.6. The van der Waals surface area contributed by atoms with E-state index in [9.17, 15) is 9.18 Å². The Hall–Kier alpha value is -3.25. The van der Waals surface area contributed by atoms with E-state index in [1.165, 1.54) is 32.7 Å². The van der Waals surface area contributed by atoms with Crippen molar-refractivity contribution in [2.45, 2.75) is 25.2 Å². The van der Waals surface area contributed by atoms with E-state index in [2.05, 4.69) is 25.9 Å². The van der Waals surface area contributed by atoms with Crippen LogP contribution in [0.3, 0.4) is 0 Å². The topological polar surface area (TPSA) is 116 Å². The molecular weight excluding hydrogens is 493 g/mol. The summed E-state index contributed by atoms with van der Waals surface area (Å²) in [6, 6.07) is 7.30. The Morgan fingerprint density at radius 1 is 1.25 bits per heavy atom. The first-order chi connectivity index (χ1) is 17.5. The zero-order chi connectivity index (χ0) is 25.5. The van der Waals surface area contributed by atoms with Crippen LogP contribution in [0.25, 0.3) is 10.9 Å². The zero-order valence-corrected chi connectivity index (χ0v) is 20.6. The number of nitrogens with zero attached hydrogens (tertiary/aromatic N) is 2. The van der Waals surface area contributed by atoms with Crippen LogP contribution in [0.2, 0.25) is 5.02 Å². The lowest BCUT2D eigenvalue weighted by atomic mass is 10.1. The van der Waals surface area contributed by atoms with Gasteiger partial charge in [0.15, 0.2) is 6.29 Å². The van der Waals surface area contributed by atoms with Crippen LogP contribution in [0.1, 0.15) is 12.8 Å². The van der Waals surface area contributed by atoms with Crippen LogP contribution < -0.4 is 20.7 Å². The molecule has 2 heterocycles. The molecule has 1 atom stereocenters. The number of carbonyl (C=O) groups excluding carboxylic acids is 1. The van der Waals surface area contributed by atoms with Crippen LogP contribution in [-0.2, 0) is 14.2 Å². The first-order valence-electron chi connectivity index (χ1n) is 11.3. The van der Waals surface area contributed by atoms with Crippen molar-refractivity contribution in [3.8, 4) is 5.75 Å². The highest BCUT2D eigenvalue weighted by Gasteiger charge is 2.21. The molecule has 1 aliphatic heterocycles. The third kappa shape index (κ3) is 6.49. The summed E-state index contributed by atoms with van der Waals surface area (Å²) in [6.07, 6.45) is 2.05. The highest BCUT2D eigenvalue weighted by atomic mass is 35.5. The summed E-state index contributed by atoms with van der Waals surface area (Å²) in [5.74, 6) is 0.381. The van der Waals surface area contributed by atoms with E-state index in [-0.39, 0.29) is 11.1 Å². The SMILES string of the molecule is COC(CCNC(=O)Nc1cc2c(Nc3ccc(F)c(Cl)c3)ncnc2cc1O[C@H]1CCOC1)OC. The minimum Gasteiger partial charge on any atom is -0.486 e. The molecule has 1 aliphatic rings. The summed E-state index contributed by atoms with van der Waals surface area (Å²) in [7, 11) is 3.07. The predicted molar refractivity (Wildman–Crippen MR) is 134 cm³/mol. The molecule has 0 bridgehead atoms. The lowest BCUT2D eigenvalue weighted by molar-refractivity contribution is -0.105. The van der Waals surface area contributed by atoms with E-state index in [0.717, 1.165) is 6.42 Å². The van der Waals surface area contributed by atoms with Crippen LogP contribution >= 0.6 is 11.6 Å². The average Bonchev–Trinajstić information content (AvgIpc) is 3.38. The van der Waals surface area contributed by atoms with Crippen molar-refractivity contribution in [3.63, 3.8) is 0 Å². The van der Waals surface area contributed by atoms with Crippen LogP contribution in [0.15, 0.2) is 36.7 Å². The van der Waals surface area contributed by atoms with Gasteiger partial charge < -0.3 is 34.9 Å². The van der Waals surface area contributed by atoms with Crippen molar-refractivity contribution in [1.29, 1.82) is 0 Å². The minimum atomic E-state index is -0.521. The Kier molecular flexibility index (Phi) is 8.70. The van der Waals surface area contributed by atoms with Crippen LogP contribution in [0.4, 0.5) is 26.4 Å². The Bertz CT molecular complexity index is 1210. The lowest BCUT2D eigenvalue weighted by Crippen LogP contribution is -2.32. The van der Waals surface area contributed by atoms with Crippen molar-refractivity contribution < 1.29 is 28.1 Å². The summed E-state index contributed by atoms with van der Waals surface area (Å²) in [5.41, 5.74) is 1.56. The average molecular weight is 520 g/mol. The van der Waals surface area contributed by atoms with Gasteiger partial charge in [-0.3, -0.25) is 0 Å². The Balaban J connectivity index is 1.60. The quantitative estimate of drug-likeness (QED) is 0.336. The molecule has 0 unspecified atom stereocenters. The number of ether oxygens (including phenoxy) is 4. The number of hydrogen-bond donors (Lipinski definition) is 3. The van der Waals surface area contributed by atoms with E-state index in [4.69, 9.17) is 30.5 Å². The van der Waals surface area contributed by atoms with E-state index in [0.29, 0.717) is 60.0 Å². The third-order valence-corrected chi connectivity index (χ3v) is 5.83. The summed E-state index contributed by atoms with van der Waals surface area (Å²) < 4.78 is 35.4. The van der Waals surface area contributed by atoms with Gasteiger partial charge in [-0.15, -0.1) is 0 Å². The van der Waals surface area contributed by atoms with Crippen LogP contribution in [-0.4, -0.2) is 62.4 Å². The van der Waals surface area contributed by atoms with Gasteiger partial charge in [0.2, 0.25) is 0 Å². The second-order valence-corrected chi connectivity index (χ2v) is 8.42. The second-order valence-electron chi connectivity index (χ2n) is 8.02. The number of hydrogen-bond acceptors (Lipinski definition) is 8. The first-order valence-corrected chi connectivity index (χ1v) is 11.7.